The predicted octanol–water partition coefficient (Wildman–Crippen LogP) is 4.40. The molecule has 0 aliphatic heterocycles. The minimum atomic E-state index is -0.847. The van der Waals surface area contributed by atoms with Crippen LogP contribution in [0.1, 0.15) is 38.3 Å². The van der Waals surface area contributed by atoms with Crippen LogP contribution in [-0.2, 0) is 4.79 Å². The number of benzene rings is 1. The number of alkyl halides is 2. The smallest absolute Gasteiger partial charge is 0.241 e. The van der Waals surface area contributed by atoms with Crippen molar-refractivity contribution in [3.63, 3.8) is 0 Å². The molecule has 19 heavy (non-hydrogen) atoms. The van der Waals surface area contributed by atoms with E-state index < -0.39 is 4.87 Å². The Balaban J connectivity index is 1.98. The standard InChI is InChI=1S/C14H16BrCl2NO/c1-9(10-3-5-11(15)6-4-10)18-12(19)14(17)7-13(2,16)8-14/h3-6,9H,7-8H2,1-2H3,(H,18,19)/t9-,13?,14?/m1/s1. The third kappa shape index (κ3) is 3.45. The van der Waals surface area contributed by atoms with Gasteiger partial charge in [0.2, 0.25) is 5.91 Å². The van der Waals surface area contributed by atoms with Gasteiger partial charge in [-0.1, -0.05) is 28.1 Å². The first-order valence-electron chi connectivity index (χ1n) is 6.16. The average molecular weight is 365 g/mol. The van der Waals surface area contributed by atoms with Crippen molar-refractivity contribution in [2.45, 2.75) is 42.5 Å². The number of halogens is 3. The van der Waals surface area contributed by atoms with Crippen LogP contribution in [0.3, 0.4) is 0 Å². The number of carbonyl (C=O) groups is 1. The molecule has 0 spiro atoms. The zero-order valence-electron chi connectivity index (χ0n) is 10.8. The van der Waals surface area contributed by atoms with Crippen molar-refractivity contribution in [3.05, 3.63) is 34.3 Å². The van der Waals surface area contributed by atoms with Gasteiger partial charge < -0.3 is 5.32 Å². The van der Waals surface area contributed by atoms with E-state index in [2.05, 4.69) is 21.2 Å². The minimum Gasteiger partial charge on any atom is -0.348 e. The van der Waals surface area contributed by atoms with Crippen LogP contribution in [0.2, 0.25) is 0 Å². The van der Waals surface area contributed by atoms with Gasteiger partial charge in [-0.05, 0) is 44.4 Å². The number of hydrogen-bond donors (Lipinski definition) is 1. The normalized spacial score (nSPS) is 31.4. The van der Waals surface area contributed by atoms with Crippen LogP contribution in [0.4, 0.5) is 0 Å². The molecule has 104 valence electrons. The fraction of sp³-hybridized carbons (Fsp3) is 0.500. The van der Waals surface area contributed by atoms with E-state index in [-0.39, 0.29) is 16.8 Å². The summed E-state index contributed by atoms with van der Waals surface area (Å²) in [7, 11) is 0. The summed E-state index contributed by atoms with van der Waals surface area (Å²) in [5.74, 6) is -0.136. The van der Waals surface area contributed by atoms with E-state index in [1.54, 1.807) is 0 Å². The molecule has 1 aliphatic rings. The van der Waals surface area contributed by atoms with Gasteiger partial charge in [-0.3, -0.25) is 4.79 Å². The van der Waals surface area contributed by atoms with Crippen LogP contribution >= 0.6 is 39.1 Å². The Bertz CT molecular complexity index is 479. The zero-order valence-corrected chi connectivity index (χ0v) is 13.9. The number of rotatable bonds is 3. The number of amides is 1. The summed E-state index contributed by atoms with van der Waals surface area (Å²) in [4.78, 5) is 11.0. The van der Waals surface area contributed by atoms with Crippen molar-refractivity contribution in [1.82, 2.24) is 5.32 Å². The molecule has 2 nitrogen and oxygen atoms in total. The summed E-state index contributed by atoms with van der Waals surface area (Å²) >= 11 is 15.8. The second-order valence-electron chi connectivity index (χ2n) is 5.48. The van der Waals surface area contributed by atoms with Crippen LogP contribution in [-0.4, -0.2) is 15.7 Å². The van der Waals surface area contributed by atoms with Gasteiger partial charge in [0.25, 0.3) is 0 Å². The van der Waals surface area contributed by atoms with Gasteiger partial charge in [0.1, 0.15) is 4.87 Å². The summed E-state index contributed by atoms with van der Waals surface area (Å²) < 4.78 is 1.01. The van der Waals surface area contributed by atoms with E-state index in [1.807, 2.05) is 38.1 Å². The van der Waals surface area contributed by atoms with Gasteiger partial charge in [0.05, 0.1) is 6.04 Å². The summed E-state index contributed by atoms with van der Waals surface area (Å²) in [5, 5.41) is 2.95. The van der Waals surface area contributed by atoms with Crippen molar-refractivity contribution in [3.8, 4) is 0 Å². The van der Waals surface area contributed by atoms with Gasteiger partial charge in [-0.15, -0.1) is 23.2 Å². The van der Waals surface area contributed by atoms with Gasteiger partial charge in [0.15, 0.2) is 0 Å². The topological polar surface area (TPSA) is 29.1 Å². The molecule has 0 heterocycles. The van der Waals surface area contributed by atoms with Crippen molar-refractivity contribution in [1.29, 1.82) is 0 Å². The van der Waals surface area contributed by atoms with E-state index in [9.17, 15) is 4.79 Å². The molecule has 5 heteroatoms. The molecule has 1 saturated carbocycles. The average Bonchev–Trinajstić information content (AvgIpc) is 2.26. The van der Waals surface area contributed by atoms with Crippen LogP contribution in [0.15, 0.2) is 28.7 Å². The molecule has 1 fully saturated rings. The number of carbonyl (C=O) groups excluding carboxylic acids is 1. The van der Waals surface area contributed by atoms with Crippen LogP contribution in [0.5, 0.6) is 0 Å². The third-order valence-corrected chi connectivity index (χ3v) is 4.66. The highest BCUT2D eigenvalue weighted by molar-refractivity contribution is 9.10. The Morgan fingerprint density at radius 1 is 1.32 bits per heavy atom. The molecule has 1 N–H and O–H groups in total. The van der Waals surface area contributed by atoms with Crippen LogP contribution in [0, 0.1) is 0 Å². The van der Waals surface area contributed by atoms with Gasteiger partial charge in [-0.25, -0.2) is 0 Å². The second-order valence-corrected chi connectivity index (χ2v) is 8.03. The summed E-state index contributed by atoms with van der Waals surface area (Å²) in [6.45, 7) is 3.85. The maximum atomic E-state index is 12.2. The first-order chi connectivity index (χ1) is 8.72. The molecule has 1 aliphatic carbocycles. The fourth-order valence-corrected chi connectivity index (χ4v) is 3.94. The van der Waals surface area contributed by atoms with Gasteiger partial charge >= 0.3 is 0 Å². The monoisotopic (exact) mass is 363 g/mol. The molecule has 1 aromatic carbocycles. The number of hydrogen-bond acceptors (Lipinski definition) is 1. The summed E-state index contributed by atoms with van der Waals surface area (Å²) in [5.41, 5.74) is 1.05. The van der Waals surface area contributed by atoms with Crippen molar-refractivity contribution in [2.75, 3.05) is 0 Å². The highest BCUT2D eigenvalue weighted by Crippen LogP contribution is 2.50. The highest BCUT2D eigenvalue weighted by Gasteiger charge is 2.55. The molecule has 0 unspecified atom stereocenters. The number of nitrogens with one attached hydrogen (secondary N) is 1. The maximum Gasteiger partial charge on any atom is 0.241 e. The van der Waals surface area contributed by atoms with E-state index >= 15 is 0 Å². The van der Waals surface area contributed by atoms with E-state index in [1.165, 1.54) is 0 Å². The lowest BCUT2D eigenvalue weighted by molar-refractivity contribution is -0.127. The Labute approximate surface area is 132 Å². The molecule has 0 radical (unpaired) electrons. The Morgan fingerprint density at radius 2 is 1.84 bits per heavy atom. The Morgan fingerprint density at radius 3 is 2.32 bits per heavy atom. The van der Waals surface area contributed by atoms with Gasteiger partial charge in [-0.2, -0.15) is 0 Å². The first-order valence-corrected chi connectivity index (χ1v) is 7.71. The minimum absolute atomic E-state index is 0.0709. The van der Waals surface area contributed by atoms with Crippen LogP contribution < -0.4 is 5.32 Å². The summed E-state index contributed by atoms with van der Waals surface area (Å²) in [6, 6.07) is 7.78. The third-order valence-electron chi connectivity index (χ3n) is 3.42. The van der Waals surface area contributed by atoms with Crippen LogP contribution in [0.25, 0.3) is 0 Å². The zero-order chi connectivity index (χ0) is 14.3. The van der Waals surface area contributed by atoms with E-state index in [0.29, 0.717) is 12.8 Å². The fourth-order valence-electron chi connectivity index (χ4n) is 2.44. The van der Waals surface area contributed by atoms with E-state index in [4.69, 9.17) is 23.2 Å². The first kappa shape index (κ1) is 15.1. The molecule has 1 atom stereocenters. The predicted molar refractivity (Wildman–Crippen MR) is 82.8 cm³/mol. The quantitative estimate of drug-likeness (QED) is 0.791. The Kier molecular flexibility index (Phi) is 4.20. The molecule has 1 aromatic rings. The second kappa shape index (κ2) is 5.27. The largest absolute Gasteiger partial charge is 0.348 e. The lowest BCUT2D eigenvalue weighted by atomic mass is 9.73. The van der Waals surface area contributed by atoms with Crippen molar-refractivity contribution in [2.24, 2.45) is 0 Å². The molecule has 0 bridgehead atoms. The van der Waals surface area contributed by atoms with E-state index in [0.717, 1.165) is 10.0 Å². The Hall–Kier alpha value is -0.250. The van der Waals surface area contributed by atoms with Gasteiger partial charge in [0, 0.05) is 9.35 Å². The lowest BCUT2D eigenvalue weighted by Crippen LogP contribution is -2.57. The molecular formula is C14H16BrCl2NO. The maximum absolute atomic E-state index is 12.2. The highest BCUT2D eigenvalue weighted by atomic mass is 79.9. The molecule has 0 aromatic heterocycles. The summed E-state index contributed by atoms with van der Waals surface area (Å²) in [6.07, 6.45) is 1.00. The van der Waals surface area contributed by atoms with Crippen molar-refractivity contribution >= 4 is 45.0 Å². The molecule has 0 saturated heterocycles. The molecule has 1 amide bonds. The van der Waals surface area contributed by atoms with Crippen molar-refractivity contribution < 1.29 is 4.79 Å². The molecular weight excluding hydrogens is 349 g/mol. The SMILES string of the molecule is C[C@@H](NC(=O)C1(Cl)CC(C)(Cl)C1)c1ccc(Br)cc1. The molecule has 2 rings (SSSR count). The lowest BCUT2D eigenvalue weighted by Gasteiger charge is -2.46.